The van der Waals surface area contributed by atoms with Gasteiger partial charge in [-0.15, -0.1) is 0 Å². The van der Waals surface area contributed by atoms with Gasteiger partial charge in [0.1, 0.15) is 30.9 Å². The van der Waals surface area contributed by atoms with Gasteiger partial charge in [-0.05, 0) is 51.2 Å². The zero-order valence-electron chi connectivity index (χ0n) is 44.4. The number of hydrogen-bond donors (Lipinski definition) is 5. The van der Waals surface area contributed by atoms with Crippen molar-refractivity contribution in [1.29, 1.82) is 0 Å². The topological polar surface area (TPSA) is 273 Å². The van der Waals surface area contributed by atoms with Gasteiger partial charge in [0.2, 0.25) is 23.6 Å². The molecule has 0 unspecified atom stereocenters. The number of hydrogen-bond acceptors (Lipinski definition) is 18. The SMILES string of the molecule is COCCOCCOCCOCCOCCOCCOCCOCCOCCOCC(=O)NCCCC[C@H](NC(=O)OCc1ccccc1)C(=O)NCC(=O)NCC(=O)N[C@@H](Cc1ccccc1)C(=O)OC(C)(C)C. The third kappa shape index (κ3) is 38.8. The second-order valence-electron chi connectivity index (χ2n) is 17.4. The standard InChI is InChI=1S/C52H83N5O18/c1-52(2,3)75-50(62)45(37-42-13-7-5-8-14-42)56-47(59)39-54-46(58)38-55-49(61)44(57-51(63)74-40-43-15-9-6-10-16-43)17-11-12-18-53-48(60)41-73-36-35-72-34-33-71-32-31-70-30-29-69-28-27-68-26-25-67-24-23-66-22-21-65-20-19-64-4/h5-10,13-16,44-45H,11-12,17-41H2,1-4H3,(H,53,60)(H,54,58)(H,55,61)(H,56,59)(H,57,63)/t44-,45-/m0/s1. The van der Waals surface area contributed by atoms with E-state index in [-0.39, 0.29) is 51.7 Å². The molecule has 23 heteroatoms. The molecule has 0 spiro atoms. The van der Waals surface area contributed by atoms with Gasteiger partial charge >= 0.3 is 12.1 Å². The van der Waals surface area contributed by atoms with Crippen molar-refractivity contribution in [1.82, 2.24) is 26.6 Å². The van der Waals surface area contributed by atoms with E-state index in [0.717, 1.165) is 11.1 Å². The van der Waals surface area contributed by atoms with Gasteiger partial charge in [0.15, 0.2) is 0 Å². The van der Waals surface area contributed by atoms with Crippen LogP contribution in [0.15, 0.2) is 60.7 Å². The Bertz CT molecular complexity index is 1810. The molecule has 2 aromatic carbocycles. The molecule has 0 radical (unpaired) electrons. The predicted molar refractivity (Wildman–Crippen MR) is 274 cm³/mol. The van der Waals surface area contributed by atoms with Crippen molar-refractivity contribution < 1.29 is 85.6 Å². The maximum absolute atomic E-state index is 13.2. The van der Waals surface area contributed by atoms with Gasteiger partial charge in [-0.2, -0.15) is 0 Å². The first-order valence-corrected chi connectivity index (χ1v) is 25.4. The number of benzene rings is 2. The molecule has 0 saturated carbocycles. The second kappa shape index (κ2) is 43.9. The Morgan fingerprint density at radius 2 is 0.933 bits per heavy atom. The monoisotopic (exact) mass is 1070 g/mol. The second-order valence-corrected chi connectivity index (χ2v) is 17.4. The fourth-order valence-corrected chi connectivity index (χ4v) is 6.19. The van der Waals surface area contributed by atoms with E-state index in [1.54, 1.807) is 52.1 Å². The Balaban J connectivity index is 1.54. The minimum atomic E-state index is -1.09. The Hall–Kier alpha value is -5.34. The molecular formula is C52H83N5O18. The maximum atomic E-state index is 13.2. The maximum Gasteiger partial charge on any atom is 0.408 e. The minimum absolute atomic E-state index is 0.0303. The van der Waals surface area contributed by atoms with Crippen LogP contribution in [0.4, 0.5) is 4.79 Å². The van der Waals surface area contributed by atoms with Crippen molar-refractivity contribution in [2.24, 2.45) is 0 Å². The summed E-state index contributed by atoms with van der Waals surface area (Å²) in [7, 11) is 1.63. The molecule has 0 heterocycles. The molecule has 0 aromatic heterocycles. The third-order valence-electron chi connectivity index (χ3n) is 9.88. The number of unbranched alkanes of at least 4 members (excludes halogenated alkanes) is 1. The first kappa shape index (κ1) is 65.8. The lowest BCUT2D eigenvalue weighted by Gasteiger charge is -2.24. The van der Waals surface area contributed by atoms with E-state index in [9.17, 15) is 28.8 Å². The summed E-state index contributed by atoms with van der Waals surface area (Å²) in [5, 5.41) is 12.8. The molecule has 5 amide bonds. The number of ether oxygens (including phenoxy) is 12. The van der Waals surface area contributed by atoms with Gasteiger partial charge in [0, 0.05) is 20.1 Å². The molecule has 0 aliphatic carbocycles. The van der Waals surface area contributed by atoms with E-state index in [0.29, 0.717) is 119 Å². The molecule has 0 bridgehead atoms. The van der Waals surface area contributed by atoms with Gasteiger partial charge in [-0.3, -0.25) is 19.2 Å². The highest BCUT2D eigenvalue weighted by molar-refractivity contribution is 5.92. The Labute approximate surface area is 441 Å². The van der Waals surface area contributed by atoms with Crippen LogP contribution in [0.2, 0.25) is 0 Å². The first-order chi connectivity index (χ1) is 36.4. The summed E-state index contributed by atoms with van der Waals surface area (Å²) in [4.78, 5) is 76.8. The van der Waals surface area contributed by atoms with Crippen molar-refractivity contribution >= 4 is 35.7 Å². The van der Waals surface area contributed by atoms with Crippen molar-refractivity contribution in [2.45, 2.75) is 70.7 Å². The summed E-state index contributed by atoms with van der Waals surface area (Å²) in [5.74, 6) is -2.95. The third-order valence-corrected chi connectivity index (χ3v) is 9.88. The number of carbonyl (C=O) groups excluding carboxylic acids is 6. The Morgan fingerprint density at radius 3 is 1.41 bits per heavy atom. The van der Waals surface area contributed by atoms with Crippen LogP contribution < -0.4 is 26.6 Å². The highest BCUT2D eigenvalue weighted by Gasteiger charge is 2.27. The van der Waals surface area contributed by atoms with E-state index in [1.165, 1.54) is 0 Å². The van der Waals surface area contributed by atoms with Gasteiger partial charge in [-0.1, -0.05) is 60.7 Å². The number of nitrogens with one attached hydrogen (secondary N) is 5. The summed E-state index contributed by atoms with van der Waals surface area (Å²) in [6, 6.07) is 16.0. The summed E-state index contributed by atoms with van der Waals surface area (Å²) in [6.45, 7) is 12.2. The molecule has 2 rings (SSSR count). The average molecular weight is 1070 g/mol. The zero-order valence-corrected chi connectivity index (χ0v) is 44.4. The van der Waals surface area contributed by atoms with Crippen molar-refractivity contribution in [2.75, 3.05) is 152 Å². The highest BCUT2D eigenvalue weighted by Crippen LogP contribution is 2.12. The number of esters is 1. The van der Waals surface area contributed by atoms with Crippen LogP contribution in [0.25, 0.3) is 0 Å². The number of methoxy groups -OCH3 is 1. The van der Waals surface area contributed by atoms with E-state index < -0.39 is 60.6 Å². The van der Waals surface area contributed by atoms with Gasteiger partial charge in [0.25, 0.3) is 0 Å². The van der Waals surface area contributed by atoms with Gasteiger partial charge in [0.05, 0.1) is 132 Å². The van der Waals surface area contributed by atoms with Crippen LogP contribution in [0.1, 0.15) is 51.2 Å². The number of rotatable bonds is 46. The molecule has 23 nitrogen and oxygen atoms in total. The normalized spacial score (nSPS) is 12.1. The van der Waals surface area contributed by atoms with Crippen LogP contribution in [0.3, 0.4) is 0 Å². The smallest absolute Gasteiger partial charge is 0.408 e. The molecule has 5 N–H and O–H groups in total. The van der Waals surface area contributed by atoms with Crippen molar-refractivity contribution in [3.05, 3.63) is 71.8 Å². The number of amides is 5. The van der Waals surface area contributed by atoms with Gasteiger partial charge < -0.3 is 83.4 Å². The molecular weight excluding hydrogens is 983 g/mol. The van der Waals surface area contributed by atoms with Crippen LogP contribution in [0, 0.1) is 0 Å². The molecule has 2 aromatic rings. The summed E-state index contributed by atoms with van der Waals surface area (Å²) < 4.78 is 64.7. The van der Waals surface area contributed by atoms with Crippen LogP contribution in [-0.4, -0.2) is 206 Å². The Kier molecular flexibility index (Phi) is 38.5. The fraction of sp³-hybridized carbons (Fsp3) is 0.654. The van der Waals surface area contributed by atoms with Crippen molar-refractivity contribution in [3.63, 3.8) is 0 Å². The number of carbonyl (C=O) groups is 6. The number of alkyl carbamates (subject to hydrolysis) is 1. The molecule has 0 saturated heterocycles. The summed E-state index contributed by atoms with van der Waals surface area (Å²) in [5.41, 5.74) is 0.750. The zero-order chi connectivity index (χ0) is 54.5. The molecule has 0 aliphatic heterocycles. The quantitative estimate of drug-likeness (QED) is 0.0466. The lowest BCUT2D eigenvalue weighted by atomic mass is 10.1. The van der Waals surface area contributed by atoms with Crippen molar-refractivity contribution in [3.8, 4) is 0 Å². The summed E-state index contributed by atoms with van der Waals surface area (Å²) in [6.07, 6.45) is 0.348. The molecule has 0 fully saturated rings. The van der Waals surface area contributed by atoms with E-state index in [2.05, 4.69) is 26.6 Å². The molecule has 424 valence electrons. The lowest BCUT2D eigenvalue weighted by molar-refractivity contribution is -0.158. The van der Waals surface area contributed by atoms with Gasteiger partial charge in [-0.25, -0.2) is 9.59 Å². The molecule has 0 aliphatic rings. The molecule has 75 heavy (non-hydrogen) atoms. The predicted octanol–water partition coefficient (Wildman–Crippen LogP) is 1.67. The van der Waals surface area contributed by atoms with Crippen LogP contribution in [-0.2, 0) is 93.8 Å². The fourth-order valence-electron chi connectivity index (χ4n) is 6.19. The minimum Gasteiger partial charge on any atom is -0.458 e. The van der Waals surface area contributed by atoms with E-state index in [1.807, 2.05) is 36.4 Å². The summed E-state index contributed by atoms with van der Waals surface area (Å²) >= 11 is 0. The first-order valence-electron chi connectivity index (χ1n) is 25.4. The van der Waals surface area contributed by atoms with Crippen LogP contribution >= 0.6 is 0 Å². The van der Waals surface area contributed by atoms with Crippen LogP contribution in [0.5, 0.6) is 0 Å². The lowest BCUT2D eigenvalue weighted by Crippen LogP contribution is -2.51. The highest BCUT2D eigenvalue weighted by atomic mass is 16.6. The van der Waals surface area contributed by atoms with E-state index >= 15 is 0 Å². The molecule has 2 atom stereocenters. The Morgan fingerprint density at radius 1 is 0.480 bits per heavy atom. The van der Waals surface area contributed by atoms with E-state index in [4.69, 9.17) is 56.8 Å². The average Bonchev–Trinajstić information content (AvgIpc) is 3.39. The largest absolute Gasteiger partial charge is 0.458 e.